The predicted molar refractivity (Wildman–Crippen MR) is 151 cm³/mol. The molecule has 3 aliphatic rings. The highest BCUT2D eigenvalue weighted by Crippen LogP contribution is 2.63. The zero-order valence-electron chi connectivity index (χ0n) is 21.4. The molecular formula is C35H27NO2. The molecule has 0 aromatic heterocycles. The van der Waals surface area contributed by atoms with Crippen LogP contribution in [0, 0.1) is 13.8 Å². The van der Waals surface area contributed by atoms with Gasteiger partial charge in [0.15, 0.2) is 6.29 Å². The lowest BCUT2D eigenvalue weighted by molar-refractivity contribution is -0.0918. The van der Waals surface area contributed by atoms with E-state index in [-0.39, 0.29) is 0 Å². The number of aryl methyl sites for hydroxylation is 2. The summed E-state index contributed by atoms with van der Waals surface area (Å²) in [6, 6.07) is 37.9. The molecule has 0 saturated carbocycles. The minimum atomic E-state index is -0.847. The lowest BCUT2D eigenvalue weighted by Gasteiger charge is -2.45. The summed E-state index contributed by atoms with van der Waals surface area (Å²) in [4.78, 5) is 2.39. The van der Waals surface area contributed by atoms with Crippen molar-refractivity contribution in [1.29, 1.82) is 0 Å². The third-order valence-corrected chi connectivity index (χ3v) is 8.59. The summed E-state index contributed by atoms with van der Waals surface area (Å²) in [6.45, 7) is 4.79. The lowest BCUT2D eigenvalue weighted by Crippen LogP contribution is -2.36. The standard InChI is InChI=1S/C35H27NO2/c1-21-11-15-32-30(17-21)35(28-9-5-3-7-26(28)27-8-4-6-10-29(27)35)31-18-22(2)12-16-33(31)36(32)24-13-14-25-23(19-24)20-38-34(25)37/h3-19,34,37H,20H2,1-2H3. The molecule has 0 fully saturated rings. The molecule has 8 rings (SSSR count). The normalized spacial score (nSPS) is 17.6. The van der Waals surface area contributed by atoms with Gasteiger partial charge in [-0.15, -0.1) is 0 Å². The van der Waals surface area contributed by atoms with E-state index in [1.165, 1.54) is 55.9 Å². The van der Waals surface area contributed by atoms with Crippen LogP contribution in [0.3, 0.4) is 0 Å². The molecule has 1 unspecified atom stereocenters. The van der Waals surface area contributed by atoms with E-state index in [9.17, 15) is 5.11 Å². The molecule has 0 radical (unpaired) electrons. The molecule has 2 aliphatic heterocycles. The Morgan fingerprint density at radius 3 is 1.87 bits per heavy atom. The van der Waals surface area contributed by atoms with Gasteiger partial charge in [0.05, 0.1) is 23.4 Å². The minimum Gasteiger partial charge on any atom is -0.364 e. The number of nitrogens with zero attached hydrogens (tertiary/aromatic N) is 1. The van der Waals surface area contributed by atoms with Crippen molar-refractivity contribution in [1.82, 2.24) is 0 Å². The molecule has 1 N–H and O–H groups in total. The Balaban J connectivity index is 1.51. The Kier molecular flexibility index (Phi) is 4.41. The molecular weight excluding hydrogens is 466 g/mol. The molecule has 3 heteroatoms. The number of benzene rings is 5. The van der Waals surface area contributed by atoms with E-state index in [2.05, 4.69) is 116 Å². The van der Waals surface area contributed by atoms with Gasteiger partial charge in [-0.2, -0.15) is 0 Å². The van der Waals surface area contributed by atoms with E-state index in [4.69, 9.17) is 4.74 Å². The van der Waals surface area contributed by atoms with E-state index in [1.807, 2.05) is 6.07 Å². The van der Waals surface area contributed by atoms with Gasteiger partial charge in [0.1, 0.15) is 0 Å². The third kappa shape index (κ3) is 2.70. The summed E-state index contributed by atoms with van der Waals surface area (Å²) < 4.78 is 5.53. The van der Waals surface area contributed by atoms with Crippen LogP contribution in [0.1, 0.15) is 50.8 Å². The minimum absolute atomic E-state index is 0.414. The maximum absolute atomic E-state index is 10.2. The van der Waals surface area contributed by atoms with Crippen LogP contribution in [0.25, 0.3) is 11.1 Å². The van der Waals surface area contributed by atoms with Crippen molar-refractivity contribution < 1.29 is 9.84 Å². The molecule has 0 saturated heterocycles. The molecule has 38 heavy (non-hydrogen) atoms. The summed E-state index contributed by atoms with van der Waals surface area (Å²) in [5.41, 5.74) is 15.3. The first-order chi connectivity index (χ1) is 18.6. The number of hydrogen-bond acceptors (Lipinski definition) is 3. The average molecular weight is 494 g/mol. The van der Waals surface area contributed by atoms with Gasteiger partial charge >= 0.3 is 0 Å². The topological polar surface area (TPSA) is 32.7 Å². The smallest absolute Gasteiger partial charge is 0.181 e. The molecule has 1 atom stereocenters. The monoisotopic (exact) mass is 493 g/mol. The van der Waals surface area contributed by atoms with Crippen molar-refractivity contribution in [3.63, 3.8) is 0 Å². The SMILES string of the molecule is Cc1ccc2c(c1)C1(c3ccccc3-c3ccccc31)c1cc(C)ccc1N2c1ccc2c(c1)COC2O. The molecule has 3 nitrogen and oxygen atoms in total. The molecule has 0 bridgehead atoms. The van der Waals surface area contributed by atoms with Crippen molar-refractivity contribution in [3.8, 4) is 11.1 Å². The predicted octanol–water partition coefficient (Wildman–Crippen LogP) is 7.97. The molecule has 5 aromatic carbocycles. The number of anilines is 3. The van der Waals surface area contributed by atoms with Gasteiger partial charge in [0.2, 0.25) is 0 Å². The van der Waals surface area contributed by atoms with Gasteiger partial charge in [-0.1, -0.05) is 90.0 Å². The van der Waals surface area contributed by atoms with Gasteiger partial charge in [0, 0.05) is 11.3 Å². The van der Waals surface area contributed by atoms with Crippen LogP contribution >= 0.6 is 0 Å². The molecule has 2 heterocycles. The second-order valence-electron chi connectivity index (χ2n) is 10.8. The number of ether oxygens (including phenoxy) is 1. The molecule has 1 spiro atoms. The van der Waals surface area contributed by atoms with Gasteiger partial charge < -0.3 is 14.7 Å². The van der Waals surface area contributed by atoms with Crippen molar-refractivity contribution >= 4 is 17.1 Å². The van der Waals surface area contributed by atoms with Crippen LogP contribution in [0.2, 0.25) is 0 Å². The van der Waals surface area contributed by atoms with Crippen molar-refractivity contribution in [3.05, 3.63) is 148 Å². The van der Waals surface area contributed by atoms with E-state index in [0.717, 1.165) is 16.8 Å². The van der Waals surface area contributed by atoms with Gasteiger partial charge in [-0.05, 0) is 77.1 Å². The summed E-state index contributed by atoms with van der Waals surface area (Å²) in [6.07, 6.45) is -0.847. The van der Waals surface area contributed by atoms with Gasteiger partial charge in [0.25, 0.3) is 0 Å². The lowest BCUT2D eigenvalue weighted by atomic mass is 9.64. The van der Waals surface area contributed by atoms with E-state index >= 15 is 0 Å². The van der Waals surface area contributed by atoms with E-state index < -0.39 is 11.7 Å². The quantitative estimate of drug-likeness (QED) is 0.252. The third-order valence-electron chi connectivity index (χ3n) is 8.59. The number of aliphatic hydroxyl groups is 1. The van der Waals surface area contributed by atoms with E-state index in [0.29, 0.717) is 6.61 Å². The molecule has 5 aromatic rings. The summed E-state index contributed by atoms with van der Waals surface area (Å²) in [7, 11) is 0. The zero-order valence-corrected chi connectivity index (χ0v) is 21.4. The van der Waals surface area contributed by atoms with Crippen LogP contribution in [-0.4, -0.2) is 5.11 Å². The number of rotatable bonds is 1. The molecule has 0 amide bonds. The fraction of sp³-hybridized carbons (Fsp3) is 0.143. The largest absolute Gasteiger partial charge is 0.364 e. The first kappa shape index (κ1) is 21.9. The fourth-order valence-corrected chi connectivity index (χ4v) is 7.01. The maximum atomic E-state index is 10.2. The van der Waals surface area contributed by atoms with E-state index in [1.54, 1.807) is 0 Å². The van der Waals surface area contributed by atoms with Crippen LogP contribution in [0.4, 0.5) is 17.1 Å². The van der Waals surface area contributed by atoms with Crippen LogP contribution < -0.4 is 4.90 Å². The maximum Gasteiger partial charge on any atom is 0.181 e. The van der Waals surface area contributed by atoms with Crippen molar-refractivity contribution in [2.45, 2.75) is 32.2 Å². The number of fused-ring (bicyclic) bond motifs is 10. The Morgan fingerprint density at radius 1 is 0.684 bits per heavy atom. The zero-order chi connectivity index (χ0) is 25.6. The van der Waals surface area contributed by atoms with Crippen molar-refractivity contribution in [2.24, 2.45) is 0 Å². The average Bonchev–Trinajstić information content (AvgIpc) is 3.45. The highest BCUT2D eigenvalue weighted by molar-refractivity contribution is 5.96. The van der Waals surface area contributed by atoms with Crippen LogP contribution in [0.15, 0.2) is 103 Å². The second-order valence-corrected chi connectivity index (χ2v) is 10.8. The first-order valence-corrected chi connectivity index (χ1v) is 13.2. The molecule has 1 aliphatic carbocycles. The van der Waals surface area contributed by atoms with Crippen LogP contribution in [0.5, 0.6) is 0 Å². The summed E-state index contributed by atoms with van der Waals surface area (Å²) in [5.74, 6) is 0. The van der Waals surface area contributed by atoms with Gasteiger partial charge in [-0.25, -0.2) is 0 Å². The highest BCUT2D eigenvalue weighted by atomic mass is 16.6. The number of aliphatic hydroxyl groups excluding tert-OH is 1. The Hall–Kier alpha value is -4.18. The first-order valence-electron chi connectivity index (χ1n) is 13.2. The van der Waals surface area contributed by atoms with Gasteiger partial charge in [-0.3, -0.25) is 0 Å². The Labute approximate surface area is 222 Å². The van der Waals surface area contributed by atoms with Crippen molar-refractivity contribution in [2.75, 3.05) is 4.90 Å². The summed E-state index contributed by atoms with van der Waals surface area (Å²) >= 11 is 0. The Morgan fingerprint density at radius 2 is 1.26 bits per heavy atom. The second kappa shape index (κ2) is 7.67. The Bertz CT molecular complexity index is 1680. The summed E-state index contributed by atoms with van der Waals surface area (Å²) in [5, 5.41) is 10.2. The molecule has 184 valence electrons. The number of hydrogen-bond donors (Lipinski definition) is 1. The highest BCUT2D eigenvalue weighted by Gasteiger charge is 2.51. The fourth-order valence-electron chi connectivity index (χ4n) is 7.01. The van der Waals surface area contributed by atoms with Crippen LogP contribution in [-0.2, 0) is 16.8 Å².